The van der Waals surface area contributed by atoms with E-state index in [4.69, 9.17) is 4.74 Å². The smallest absolute Gasteiger partial charge is 0.0694 e. The van der Waals surface area contributed by atoms with Crippen LogP contribution < -0.4 is 5.32 Å². The van der Waals surface area contributed by atoms with Crippen molar-refractivity contribution in [2.75, 3.05) is 13.7 Å². The zero-order valence-corrected chi connectivity index (χ0v) is 10.2. The molecule has 1 unspecified atom stereocenters. The van der Waals surface area contributed by atoms with Gasteiger partial charge in [0, 0.05) is 19.6 Å². The first-order valence-corrected chi connectivity index (χ1v) is 5.94. The Kier molecular flexibility index (Phi) is 5.14. The lowest BCUT2D eigenvalue weighted by Gasteiger charge is -2.42. The molecule has 2 nitrogen and oxygen atoms in total. The monoisotopic (exact) mass is 209 g/mol. The van der Waals surface area contributed by atoms with E-state index in [1.54, 1.807) is 0 Å². The van der Waals surface area contributed by atoms with Crippen LogP contribution in [0.5, 0.6) is 0 Å². The van der Waals surface area contributed by atoms with Crippen LogP contribution >= 0.6 is 0 Å². The van der Waals surface area contributed by atoms with Crippen molar-refractivity contribution in [2.24, 2.45) is 0 Å². The van der Waals surface area contributed by atoms with Gasteiger partial charge >= 0.3 is 0 Å². The fraction of sp³-hybridized carbons (Fsp3) is 0.846. The Bertz CT molecular complexity index is 229. The lowest BCUT2D eigenvalue weighted by atomic mass is 9.75. The number of methoxy groups -OCH3 is 1. The van der Waals surface area contributed by atoms with E-state index in [2.05, 4.69) is 24.1 Å². The second-order valence-corrected chi connectivity index (χ2v) is 4.33. The van der Waals surface area contributed by atoms with E-state index in [1.165, 1.54) is 19.3 Å². The van der Waals surface area contributed by atoms with Crippen molar-refractivity contribution >= 4 is 0 Å². The van der Waals surface area contributed by atoms with Crippen molar-refractivity contribution in [2.45, 2.75) is 57.6 Å². The van der Waals surface area contributed by atoms with Crippen molar-refractivity contribution in [1.82, 2.24) is 5.32 Å². The minimum Gasteiger partial charge on any atom is -0.378 e. The Morgan fingerprint density at radius 3 is 2.60 bits per heavy atom. The Labute approximate surface area is 93.8 Å². The Morgan fingerprint density at radius 2 is 2.20 bits per heavy atom. The number of hydrogen-bond acceptors (Lipinski definition) is 2. The standard InChI is InChI=1S/C13H23NO/c1-4-6-8-12(14-5-2)11-13(15-3)9-7-10-13/h12,14H,5,7-11H2,1-3H3. The molecule has 0 saturated heterocycles. The highest BCUT2D eigenvalue weighted by molar-refractivity contribution is 5.01. The largest absolute Gasteiger partial charge is 0.378 e. The maximum Gasteiger partial charge on any atom is 0.0694 e. The van der Waals surface area contributed by atoms with Crippen LogP contribution in [0.4, 0.5) is 0 Å². The molecule has 0 heterocycles. The van der Waals surface area contributed by atoms with Gasteiger partial charge in [-0.3, -0.25) is 0 Å². The molecule has 0 aromatic rings. The fourth-order valence-corrected chi connectivity index (χ4v) is 2.24. The molecule has 0 aromatic carbocycles. The van der Waals surface area contributed by atoms with E-state index < -0.39 is 0 Å². The molecule has 86 valence electrons. The molecular weight excluding hydrogens is 186 g/mol. The summed E-state index contributed by atoms with van der Waals surface area (Å²) in [5, 5.41) is 3.49. The Morgan fingerprint density at radius 1 is 1.47 bits per heavy atom. The van der Waals surface area contributed by atoms with Gasteiger partial charge in [0.15, 0.2) is 0 Å². The summed E-state index contributed by atoms with van der Waals surface area (Å²) in [6.45, 7) is 5.06. The van der Waals surface area contributed by atoms with E-state index >= 15 is 0 Å². The lowest BCUT2D eigenvalue weighted by Crippen LogP contribution is -2.45. The first kappa shape index (κ1) is 12.5. The van der Waals surface area contributed by atoms with Crippen LogP contribution in [-0.4, -0.2) is 25.3 Å². The normalized spacial score (nSPS) is 19.9. The third-order valence-corrected chi connectivity index (χ3v) is 3.33. The SMILES string of the molecule is CC#CCC(CC1(OC)CCC1)NCC. The van der Waals surface area contributed by atoms with Gasteiger partial charge in [0.05, 0.1) is 5.60 Å². The third-order valence-electron chi connectivity index (χ3n) is 3.33. The van der Waals surface area contributed by atoms with Crippen LogP contribution in [-0.2, 0) is 4.74 Å². The fourth-order valence-electron chi connectivity index (χ4n) is 2.24. The summed E-state index contributed by atoms with van der Waals surface area (Å²) < 4.78 is 5.64. The van der Waals surface area contributed by atoms with Gasteiger partial charge in [-0.2, -0.15) is 0 Å². The summed E-state index contributed by atoms with van der Waals surface area (Å²) in [5.41, 5.74) is 0.155. The van der Waals surface area contributed by atoms with Gasteiger partial charge in [0.1, 0.15) is 0 Å². The number of hydrogen-bond donors (Lipinski definition) is 1. The first-order chi connectivity index (χ1) is 7.26. The molecule has 0 spiro atoms. The van der Waals surface area contributed by atoms with Crippen LogP contribution in [0, 0.1) is 11.8 Å². The molecule has 1 N–H and O–H groups in total. The van der Waals surface area contributed by atoms with Crippen LogP contribution in [0.1, 0.15) is 46.0 Å². The van der Waals surface area contributed by atoms with E-state index in [0.717, 1.165) is 19.4 Å². The van der Waals surface area contributed by atoms with E-state index in [1.807, 2.05) is 14.0 Å². The van der Waals surface area contributed by atoms with Crippen LogP contribution in [0.2, 0.25) is 0 Å². The van der Waals surface area contributed by atoms with Gasteiger partial charge in [0.2, 0.25) is 0 Å². The molecule has 1 saturated carbocycles. The predicted octanol–water partition coefficient (Wildman–Crippen LogP) is 2.34. The number of rotatable bonds is 6. The molecule has 2 heteroatoms. The molecule has 0 radical (unpaired) electrons. The molecule has 0 amide bonds. The topological polar surface area (TPSA) is 21.3 Å². The first-order valence-electron chi connectivity index (χ1n) is 5.94. The highest BCUT2D eigenvalue weighted by atomic mass is 16.5. The summed E-state index contributed by atoms with van der Waals surface area (Å²) in [7, 11) is 1.84. The predicted molar refractivity (Wildman–Crippen MR) is 63.7 cm³/mol. The summed E-state index contributed by atoms with van der Waals surface area (Å²) in [4.78, 5) is 0. The molecule has 0 bridgehead atoms. The van der Waals surface area contributed by atoms with Gasteiger partial charge in [-0.25, -0.2) is 0 Å². The average Bonchev–Trinajstić information content (AvgIpc) is 2.20. The minimum atomic E-state index is 0.155. The second kappa shape index (κ2) is 6.15. The molecule has 0 aromatic heterocycles. The van der Waals surface area contributed by atoms with Gasteiger partial charge in [0.25, 0.3) is 0 Å². The lowest BCUT2D eigenvalue weighted by molar-refractivity contribution is -0.0830. The summed E-state index contributed by atoms with van der Waals surface area (Å²) in [6.07, 6.45) is 5.78. The molecule has 1 rings (SSSR count). The van der Waals surface area contributed by atoms with Crippen molar-refractivity contribution in [1.29, 1.82) is 0 Å². The van der Waals surface area contributed by atoms with Crippen molar-refractivity contribution in [3.8, 4) is 11.8 Å². The summed E-state index contributed by atoms with van der Waals surface area (Å²) in [5.74, 6) is 6.13. The van der Waals surface area contributed by atoms with Crippen LogP contribution in [0.3, 0.4) is 0 Å². The Hall–Kier alpha value is -0.520. The molecular formula is C13H23NO. The molecule has 1 fully saturated rings. The zero-order chi connectivity index (χ0) is 11.1. The van der Waals surface area contributed by atoms with Crippen LogP contribution in [0.25, 0.3) is 0 Å². The summed E-state index contributed by atoms with van der Waals surface area (Å²) in [6, 6.07) is 0.489. The molecule has 1 aliphatic rings. The highest BCUT2D eigenvalue weighted by Gasteiger charge is 2.38. The van der Waals surface area contributed by atoms with E-state index in [0.29, 0.717) is 6.04 Å². The molecule has 15 heavy (non-hydrogen) atoms. The molecule has 1 atom stereocenters. The van der Waals surface area contributed by atoms with Gasteiger partial charge in [-0.15, -0.1) is 11.8 Å². The maximum atomic E-state index is 5.64. The quantitative estimate of drug-likeness (QED) is 0.678. The number of ether oxygens (including phenoxy) is 1. The van der Waals surface area contributed by atoms with Gasteiger partial charge in [-0.05, 0) is 39.2 Å². The van der Waals surface area contributed by atoms with Gasteiger partial charge in [-0.1, -0.05) is 6.92 Å². The zero-order valence-electron chi connectivity index (χ0n) is 10.2. The molecule has 1 aliphatic carbocycles. The van der Waals surface area contributed by atoms with Gasteiger partial charge < -0.3 is 10.1 Å². The van der Waals surface area contributed by atoms with Crippen molar-refractivity contribution in [3.63, 3.8) is 0 Å². The van der Waals surface area contributed by atoms with Crippen molar-refractivity contribution in [3.05, 3.63) is 0 Å². The third kappa shape index (κ3) is 3.52. The Balaban J connectivity index is 2.43. The molecule has 0 aliphatic heterocycles. The minimum absolute atomic E-state index is 0.155. The van der Waals surface area contributed by atoms with Crippen molar-refractivity contribution < 1.29 is 4.74 Å². The van der Waals surface area contributed by atoms with Crippen LogP contribution in [0.15, 0.2) is 0 Å². The van der Waals surface area contributed by atoms with E-state index in [9.17, 15) is 0 Å². The maximum absolute atomic E-state index is 5.64. The summed E-state index contributed by atoms with van der Waals surface area (Å²) >= 11 is 0. The average molecular weight is 209 g/mol. The highest BCUT2D eigenvalue weighted by Crippen LogP contribution is 2.39. The number of nitrogens with one attached hydrogen (secondary N) is 1. The second-order valence-electron chi connectivity index (χ2n) is 4.33. The van der Waals surface area contributed by atoms with E-state index in [-0.39, 0.29) is 5.60 Å².